The minimum atomic E-state index is -0.622. The number of aromatic nitrogens is 2. The predicted octanol–water partition coefficient (Wildman–Crippen LogP) is 2.94. The second-order valence-electron chi connectivity index (χ2n) is 3.66. The van der Waals surface area contributed by atoms with Crippen LogP contribution in [-0.2, 0) is 5.33 Å². The number of nitro benzene ring substituents is 1. The third-order valence-corrected chi connectivity index (χ3v) is 2.97. The number of alkyl halides is 1. The minimum Gasteiger partial charge on any atom is -0.417 e. The van der Waals surface area contributed by atoms with Crippen molar-refractivity contribution in [2.45, 2.75) is 5.33 Å². The summed E-state index contributed by atoms with van der Waals surface area (Å²) in [4.78, 5) is 18.2. The highest BCUT2D eigenvalue weighted by Crippen LogP contribution is 2.30. The van der Waals surface area contributed by atoms with Crippen molar-refractivity contribution < 1.29 is 9.66 Å². The summed E-state index contributed by atoms with van der Waals surface area (Å²) in [5, 5.41) is 20.3. The summed E-state index contributed by atoms with van der Waals surface area (Å²) in [6.07, 6.45) is 3.10. The molecule has 0 radical (unpaired) electrons. The van der Waals surface area contributed by atoms with Crippen LogP contribution >= 0.6 is 15.9 Å². The first kappa shape index (κ1) is 13.9. The van der Waals surface area contributed by atoms with Gasteiger partial charge >= 0.3 is 11.7 Å². The maximum Gasteiger partial charge on any atom is 0.322 e. The van der Waals surface area contributed by atoms with E-state index in [0.29, 0.717) is 5.33 Å². The first-order chi connectivity index (χ1) is 9.63. The van der Waals surface area contributed by atoms with Crippen LogP contribution in [-0.4, -0.2) is 14.9 Å². The van der Waals surface area contributed by atoms with Gasteiger partial charge in [0.15, 0.2) is 0 Å². The maximum atomic E-state index is 10.9. The molecular formula is C12H7BrN4O3. The SMILES string of the molecule is N#Cc1ccc(Oc2ncc(CBr)cn2)c([N+](=O)[O-])c1. The van der Waals surface area contributed by atoms with Gasteiger partial charge in [-0.3, -0.25) is 10.1 Å². The van der Waals surface area contributed by atoms with Gasteiger partial charge in [0.2, 0.25) is 5.75 Å². The van der Waals surface area contributed by atoms with Gasteiger partial charge in [-0.2, -0.15) is 5.26 Å². The van der Waals surface area contributed by atoms with Crippen molar-refractivity contribution >= 4 is 21.6 Å². The van der Waals surface area contributed by atoms with Crippen LogP contribution in [0.5, 0.6) is 11.8 Å². The topological polar surface area (TPSA) is 102 Å². The van der Waals surface area contributed by atoms with Gasteiger partial charge < -0.3 is 4.74 Å². The van der Waals surface area contributed by atoms with E-state index in [4.69, 9.17) is 10.00 Å². The smallest absolute Gasteiger partial charge is 0.322 e. The molecule has 0 N–H and O–H groups in total. The summed E-state index contributed by atoms with van der Waals surface area (Å²) >= 11 is 3.25. The normalized spacial score (nSPS) is 9.80. The van der Waals surface area contributed by atoms with E-state index in [1.54, 1.807) is 12.4 Å². The zero-order valence-corrected chi connectivity index (χ0v) is 11.6. The molecular weight excluding hydrogens is 328 g/mol. The Morgan fingerprint density at radius 1 is 1.40 bits per heavy atom. The summed E-state index contributed by atoms with van der Waals surface area (Å²) in [6.45, 7) is 0. The summed E-state index contributed by atoms with van der Waals surface area (Å²) in [5.41, 5.74) is 0.725. The second-order valence-corrected chi connectivity index (χ2v) is 4.22. The van der Waals surface area contributed by atoms with E-state index in [2.05, 4.69) is 25.9 Å². The molecule has 8 heteroatoms. The van der Waals surface area contributed by atoms with E-state index < -0.39 is 4.92 Å². The molecule has 2 rings (SSSR count). The highest BCUT2D eigenvalue weighted by Gasteiger charge is 2.17. The Morgan fingerprint density at radius 3 is 2.65 bits per heavy atom. The Balaban J connectivity index is 2.32. The molecule has 1 aromatic heterocycles. The first-order valence-electron chi connectivity index (χ1n) is 5.37. The van der Waals surface area contributed by atoms with Crippen molar-refractivity contribution in [3.05, 3.63) is 51.8 Å². The molecule has 0 aliphatic carbocycles. The molecule has 0 aliphatic rings. The Hall–Kier alpha value is -2.53. The fourth-order valence-corrected chi connectivity index (χ4v) is 1.67. The molecule has 0 spiro atoms. The van der Waals surface area contributed by atoms with E-state index in [1.807, 2.05) is 6.07 Å². The molecule has 0 aliphatic heterocycles. The second kappa shape index (κ2) is 6.08. The third kappa shape index (κ3) is 3.07. The molecule has 0 saturated heterocycles. The predicted molar refractivity (Wildman–Crippen MR) is 72.5 cm³/mol. The van der Waals surface area contributed by atoms with Crippen molar-refractivity contribution in [2.24, 2.45) is 0 Å². The molecule has 0 unspecified atom stereocenters. The van der Waals surface area contributed by atoms with E-state index in [9.17, 15) is 10.1 Å². The zero-order valence-electron chi connectivity index (χ0n) is 9.99. The zero-order chi connectivity index (χ0) is 14.5. The lowest BCUT2D eigenvalue weighted by Crippen LogP contribution is -1.97. The Bertz CT molecular complexity index is 682. The van der Waals surface area contributed by atoms with Crippen LogP contribution in [0.15, 0.2) is 30.6 Å². The van der Waals surface area contributed by atoms with Crippen LogP contribution in [0.3, 0.4) is 0 Å². The lowest BCUT2D eigenvalue weighted by molar-refractivity contribution is -0.385. The van der Waals surface area contributed by atoms with Crippen LogP contribution in [0.2, 0.25) is 0 Å². The molecule has 7 nitrogen and oxygen atoms in total. The molecule has 0 atom stereocenters. The maximum absolute atomic E-state index is 10.9. The molecule has 1 aromatic carbocycles. The standard InChI is InChI=1S/C12H7BrN4O3/c13-4-9-6-15-12(16-7-9)20-11-2-1-8(5-14)3-10(11)17(18)19/h1-3,6-7H,4H2. The van der Waals surface area contributed by atoms with Gasteiger partial charge in [-0.05, 0) is 17.7 Å². The molecule has 20 heavy (non-hydrogen) atoms. The first-order valence-corrected chi connectivity index (χ1v) is 6.49. The van der Waals surface area contributed by atoms with Gasteiger partial charge in [0.25, 0.3) is 0 Å². The lowest BCUT2D eigenvalue weighted by Gasteiger charge is -2.04. The summed E-state index contributed by atoms with van der Waals surface area (Å²) in [5.74, 6) is -0.0133. The van der Waals surface area contributed by atoms with Crippen LogP contribution < -0.4 is 4.74 Å². The number of nitro groups is 1. The van der Waals surface area contributed by atoms with Gasteiger partial charge in [0.1, 0.15) is 0 Å². The van der Waals surface area contributed by atoms with Crippen LogP contribution in [0, 0.1) is 21.4 Å². The molecule has 2 aromatic rings. The lowest BCUT2D eigenvalue weighted by atomic mass is 10.2. The monoisotopic (exact) mass is 334 g/mol. The van der Waals surface area contributed by atoms with Gasteiger partial charge in [-0.25, -0.2) is 9.97 Å². The van der Waals surface area contributed by atoms with Crippen molar-refractivity contribution in [2.75, 3.05) is 0 Å². The molecule has 0 amide bonds. The van der Waals surface area contributed by atoms with Crippen molar-refractivity contribution in [1.29, 1.82) is 5.26 Å². The van der Waals surface area contributed by atoms with E-state index in [1.165, 1.54) is 12.1 Å². The van der Waals surface area contributed by atoms with Crippen LogP contribution in [0.25, 0.3) is 0 Å². The highest BCUT2D eigenvalue weighted by molar-refractivity contribution is 9.08. The fraction of sp³-hybridized carbons (Fsp3) is 0.0833. The van der Waals surface area contributed by atoms with Crippen LogP contribution in [0.4, 0.5) is 5.69 Å². The van der Waals surface area contributed by atoms with Crippen molar-refractivity contribution in [3.8, 4) is 17.8 Å². The van der Waals surface area contributed by atoms with E-state index in [-0.39, 0.29) is 23.0 Å². The van der Waals surface area contributed by atoms with Gasteiger partial charge in [-0.15, -0.1) is 0 Å². The Kier molecular flexibility index (Phi) is 4.22. The summed E-state index contributed by atoms with van der Waals surface area (Å²) in [7, 11) is 0. The molecule has 0 bridgehead atoms. The number of halogens is 1. The Labute approximate surface area is 122 Å². The number of rotatable bonds is 4. The fourth-order valence-electron chi connectivity index (χ4n) is 1.38. The van der Waals surface area contributed by atoms with Crippen LogP contribution in [0.1, 0.15) is 11.1 Å². The molecule has 0 saturated carbocycles. The third-order valence-electron chi connectivity index (χ3n) is 2.32. The minimum absolute atomic E-state index is 0.00232. The molecule has 0 fully saturated rings. The number of hydrogen-bond acceptors (Lipinski definition) is 6. The van der Waals surface area contributed by atoms with E-state index >= 15 is 0 Å². The number of nitrogens with zero attached hydrogens (tertiary/aromatic N) is 4. The quantitative estimate of drug-likeness (QED) is 0.483. The largest absolute Gasteiger partial charge is 0.417 e. The van der Waals surface area contributed by atoms with Gasteiger partial charge in [-0.1, -0.05) is 15.9 Å². The summed E-state index contributed by atoms with van der Waals surface area (Å²) < 4.78 is 5.28. The average Bonchev–Trinajstić information content (AvgIpc) is 2.48. The van der Waals surface area contributed by atoms with E-state index in [0.717, 1.165) is 11.6 Å². The van der Waals surface area contributed by atoms with Crippen molar-refractivity contribution in [1.82, 2.24) is 9.97 Å². The van der Waals surface area contributed by atoms with Gasteiger partial charge in [0, 0.05) is 23.8 Å². The molecule has 100 valence electrons. The number of hydrogen-bond donors (Lipinski definition) is 0. The van der Waals surface area contributed by atoms with Gasteiger partial charge in [0.05, 0.1) is 16.6 Å². The number of nitriles is 1. The summed E-state index contributed by atoms with van der Waals surface area (Å²) in [6, 6.07) is 5.75. The Morgan fingerprint density at radius 2 is 2.10 bits per heavy atom. The van der Waals surface area contributed by atoms with Crippen molar-refractivity contribution in [3.63, 3.8) is 0 Å². The number of benzene rings is 1. The average molecular weight is 335 g/mol. The molecule has 1 heterocycles. The highest BCUT2D eigenvalue weighted by atomic mass is 79.9. The number of ether oxygens (including phenoxy) is 1.